The van der Waals surface area contributed by atoms with E-state index in [9.17, 15) is 5.26 Å². The standard InChI is InChI=1S/C18H22N2O/c19-11-18(15-5-6-15,20-16-7-8-16)12-21-17-9-4-13-2-1-3-14(13)10-17/h4,9-10,15-16,20H,1-3,5-8,12H2. The summed E-state index contributed by atoms with van der Waals surface area (Å²) in [7, 11) is 0. The average Bonchev–Trinajstić information content (AvgIpc) is 3.42. The lowest BCUT2D eigenvalue weighted by atomic mass is 9.96. The molecule has 0 bridgehead atoms. The van der Waals surface area contributed by atoms with Gasteiger partial charge in [0.15, 0.2) is 0 Å². The van der Waals surface area contributed by atoms with Gasteiger partial charge in [0.2, 0.25) is 0 Å². The first-order valence-corrected chi connectivity index (χ1v) is 8.23. The van der Waals surface area contributed by atoms with Gasteiger partial charge in [0.25, 0.3) is 0 Å². The van der Waals surface area contributed by atoms with E-state index in [1.165, 1.54) is 43.2 Å². The molecule has 2 fully saturated rings. The molecule has 0 heterocycles. The Labute approximate surface area is 126 Å². The molecule has 4 rings (SSSR count). The molecule has 3 nitrogen and oxygen atoms in total. The number of aryl methyl sites for hydroxylation is 2. The first-order valence-electron chi connectivity index (χ1n) is 8.23. The van der Waals surface area contributed by atoms with Gasteiger partial charge in [-0.15, -0.1) is 0 Å². The van der Waals surface area contributed by atoms with Crippen molar-refractivity contribution in [2.24, 2.45) is 5.92 Å². The Bertz CT molecular complexity index is 583. The van der Waals surface area contributed by atoms with Crippen LogP contribution in [0.5, 0.6) is 5.75 Å². The first kappa shape index (κ1) is 13.2. The second kappa shape index (κ2) is 5.03. The predicted molar refractivity (Wildman–Crippen MR) is 81.2 cm³/mol. The minimum atomic E-state index is -0.472. The minimum Gasteiger partial charge on any atom is -0.491 e. The van der Waals surface area contributed by atoms with E-state index in [1.807, 2.05) is 0 Å². The molecule has 1 aromatic rings. The number of nitrogens with one attached hydrogen (secondary N) is 1. The summed E-state index contributed by atoms with van der Waals surface area (Å²) in [6.07, 6.45) is 8.33. The van der Waals surface area contributed by atoms with Crippen molar-refractivity contribution >= 4 is 0 Å². The van der Waals surface area contributed by atoms with Crippen LogP contribution in [-0.4, -0.2) is 18.2 Å². The van der Waals surface area contributed by atoms with Crippen LogP contribution in [0.4, 0.5) is 0 Å². The molecule has 1 aromatic carbocycles. The average molecular weight is 282 g/mol. The maximum Gasteiger partial charge on any atom is 0.144 e. The van der Waals surface area contributed by atoms with E-state index in [1.54, 1.807) is 0 Å². The second-order valence-corrected chi connectivity index (χ2v) is 6.85. The predicted octanol–water partition coefficient (Wildman–Crippen LogP) is 2.98. The normalized spacial score (nSPS) is 23.2. The second-order valence-electron chi connectivity index (χ2n) is 6.85. The zero-order chi connectivity index (χ0) is 14.3. The van der Waals surface area contributed by atoms with Gasteiger partial charge >= 0.3 is 0 Å². The Morgan fingerprint density at radius 1 is 1.19 bits per heavy atom. The molecule has 0 spiro atoms. The van der Waals surface area contributed by atoms with Crippen molar-refractivity contribution in [1.29, 1.82) is 5.26 Å². The molecule has 3 aliphatic rings. The van der Waals surface area contributed by atoms with Gasteiger partial charge in [0.1, 0.15) is 17.9 Å². The summed E-state index contributed by atoms with van der Waals surface area (Å²) < 4.78 is 6.03. The first-order chi connectivity index (χ1) is 10.3. The fourth-order valence-corrected chi connectivity index (χ4v) is 3.44. The monoisotopic (exact) mass is 282 g/mol. The van der Waals surface area contributed by atoms with Gasteiger partial charge in [-0.3, -0.25) is 5.32 Å². The zero-order valence-corrected chi connectivity index (χ0v) is 12.4. The Hall–Kier alpha value is -1.53. The van der Waals surface area contributed by atoms with E-state index in [4.69, 9.17) is 4.74 Å². The fraction of sp³-hybridized carbons (Fsp3) is 0.611. The SMILES string of the molecule is N#CC(COc1ccc2c(c1)CCC2)(NC1CC1)C1CC1. The van der Waals surface area contributed by atoms with E-state index in [0.29, 0.717) is 18.6 Å². The molecule has 0 amide bonds. The number of hydrogen-bond donors (Lipinski definition) is 1. The lowest BCUT2D eigenvalue weighted by Gasteiger charge is -2.28. The van der Waals surface area contributed by atoms with Crippen molar-refractivity contribution in [1.82, 2.24) is 5.32 Å². The molecule has 0 aliphatic heterocycles. The van der Waals surface area contributed by atoms with Crippen LogP contribution in [0.15, 0.2) is 18.2 Å². The maximum absolute atomic E-state index is 9.70. The zero-order valence-electron chi connectivity index (χ0n) is 12.4. The van der Waals surface area contributed by atoms with Crippen LogP contribution in [0.25, 0.3) is 0 Å². The number of rotatable bonds is 6. The number of nitriles is 1. The van der Waals surface area contributed by atoms with E-state index in [0.717, 1.165) is 18.6 Å². The maximum atomic E-state index is 9.70. The third-order valence-electron chi connectivity index (χ3n) is 5.05. The minimum absolute atomic E-state index is 0.470. The van der Waals surface area contributed by atoms with Crippen molar-refractivity contribution in [3.63, 3.8) is 0 Å². The van der Waals surface area contributed by atoms with Gasteiger partial charge in [-0.1, -0.05) is 6.07 Å². The molecule has 3 aliphatic carbocycles. The highest BCUT2D eigenvalue weighted by Crippen LogP contribution is 2.41. The van der Waals surface area contributed by atoms with Crippen LogP contribution in [0.2, 0.25) is 0 Å². The topological polar surface area (TPSA) is 45.0 Å². The van der Waals surface area contributed by atoms with E-state index >= 15 is 0 Å². The Balaban J connectivity index is 1.47. The smallest absolute Gasteiger partial charge is 0.144 e. The lowest BCUT2D eigenvalue weighted by molar-refractivity contribution is 0.200. The summed E-state index contributed by atoms with van der Waals surface area (Å²) in [5, 5.41) is 13.3. The summed E-state index contributed by atoms with van der Waals surface area (Å²) in [5.41, 5.74) is 2.42. The molecule has 0 radical (unpaired) electrons. The van der Waals surface area contributed by atoms with E-state index in [2.05, 4.69) is 29.6 Å². The van der Waals surface area contributed by atoms with Crippen LogP contribution in [0.3, 0.4) is 0 Å². The largest absolute Gasteiger partial charge is 0.491 e. The number of benzene rings is 1. The van der Waals surface area contributed by atoms with Crippen LogP contribution in [0.1, 0.15) is 43.2 Å². The molecule has 1 unspecified atom stereocenters. The van der Waals surface area contributed by atoms with Gasteiger partial charge in [-0.25, -0.2) is 0 Å². The van der Waals surface area contributed by atoms with Crippen LogP contribution < -0.4 is 10.1 Å². The summed E-state index contributed by atoms with van der Waals surface area (Å²) in [6, 6.07) is 9.50. The number of fused-ring (bicyclic) bond motifs is 1. The van der Waals surface area contributed by atoms with Gasteiger partial charge in [0, 0.05) is 6.04 Å². The Morgan fingerprint density at radius 2 is 2.00 bits per heavy atom. The molecule has 21 heavy (non-hydrogen) atoms. The molecule has 0 saturated heterocycles. The van der Waals surface area contributed by atoms with E-state index < -0.39 is 5.54 Å². The van der Waals surface area contributed by atoms with Gasteiger partial charge in [-0.2, -0.15) is 5.26 Å². The highest BCUT2D eigenvalue weighted by molar-refractivity contribution is 5.38. The van der Waals surface area contributed by atoms with Crippen molar-refractivity contribution in [3.8, 4) is 11.8 Å². The van der Waals surface area contributed by atoms with Crippen molar-refractivity contribution in [3.05, 3.63) is 29.3 Å². The molecule has 1 atom stereocenters. The molecular formula is C18H22N2O. The quantitative estimate of drug-likeness (QED) is 0.872. The Kier molecular flexibility index (Phi) is 3.15. The summed E-state index contributed by atoms with van der Waals surface area (Å²) >= 11 is 0. The highest BCUT2D eigenvalue weighted by atomic mass is 16.5. The van der Waals surface area contributed by atoms with E-state index in [-0.39, 0.29) is 0 Å². The van der Waals surface area contributed by atoms with Crippen LogP contribution in [0, 0.1) is 17.2 Å². The number of ether oxygens (including phenoxy) is 1. The Morgan fingerprint density at radius 3 is 2.71 bits per heavy atom. The van der Waals surface area contributed by atoms with Crippen LogP contribution >= 0.6 is 0 Å². The van der Waals surface area contributed by atoms with Crippen molar-refractivity contribution < 1.29 is 4.74 Å². The molecule has 3 heteroatoms. The van der Waals surface area contributed by atoms with Crippen molar-refractivity contribution in [2.45, 2.75) is 56.5 Å². The molecular weight excluding hydrogens is 260 g/mol. The van der Waals surface area contributed by atoms with Gasteiger partial charge < -0.3 is 4.74 Å². The third-order valence-corrected chi connectivity index (χ3v) is 5.05. The van der Waals surface area contributed by atoms with Crippen molar-refractivity contribution in [2.75, 3.05) is 6.61 Å². The number of nitrogens with zero attached hydrogens (tertiary/aromatic N) is 1. The summed E-state index contributed by atoms with van der Waals surface area (Å²) in [6.45, 7) is 0.476. The summed E-state index contributed by atoms with van der Waals surface area (Å²) in [5.74, 6) is 1.39. The number of hydrogen-bond acceptors (Lipinski definition) is 3. The molecule has 2 saturated carbocycles. The fourth-order valence-electron chi connectivity index (χ4n) is 3.44. The van der Waals surface area contributed by atoms with Gasteiger partial charge in [-0.05, 0) is 74.1 Å². The third kappa shape index (κ3) is 2.65. The van der Waals surface area contributed by atoms with Gasteiger partial charge in [0.05, 0.1) is 6.07 Å². The highest BCUT2D eigenvalue weighted by Gasteiger charge is 2.49. The molecule has 0 aromatic heterocycles. The summed E-state index contributed by atoms with van der Waals surface area (Å²) in [4.78, 5) is 0. The molecule has 1 N–H and O–H groups in total. The van der Waals surface area contributed by atoms with Crippen LogP contribution in [-0.2, 0) is 12.8 Å². The molecule has 110 valence electrons. The lowest BCUT2D eigenvalue weighted by Crippen LogP contribution is -2.52.